The zero-order valence-corrected chi connectivity index (χ0v) is 23.5. The van der Waals surface area contributed by atoms with E-state index in [4.69, 9.17) is 0 Å². The Kier molecular flexibility index (Phi) is 10.1. The number of hydrogen-bond acceptors (Lipinski definition) is 4. The highest BCUT2D eigenvalue weighted by molar-refractivity contribution is 8.00. The van der Waals surface area contributed by atoms with Gasteiger partial charge in [-0.3, -0.25) is 14.4 Å². The Morgan fingerprint density at radius 2 is 1.51 bits per heavy atom. The van der Waals surface area contributed by atoms with Crippen molar-refractivity contribution in [1.82, 2.24) is 5.32 Å². The van der Waals surface area contributed by atoms with Crippen molar-refractivity contribution in [2.45, 2.75) is 24.7 Å². The van der Waals surface area contributed by atoms with Crippen molar-refractivity contribution < 1.29 is 18.8 Å². The summed E-state index contributed by atoms with van der Waals surface area (Å²) in [6, 6.07) is 29.0. The minimum Gasteiger partial charge on any atom is -0.325 e. The Hall–Kier alpha value is -4.69. The molecule has 4 aromatic rings. The van der Waals surface area contributed by atoms with E-state index in [1.807, 2.05) is 30.3 Å². The number of anilines is 2. The van der Waals surface area contributed by atoms with Gasteiger partial charge in [-0.15, -0.1) is 11.8 Å². The first-order valence-corrected chi connectivity index (χ1v) is 14.0. The minimum atomic E-state index is -0.552. The van der Waals surface area contributed by atoms with Gasteiger partial charge in [0.05, 0.1) is 5.75 Å². The zero-order chi connectivity index (χ0) is 29.2. The highest BCUT2D eigenvalue weighted by Crippen LogP contribution is 2.23. The molecular weight excluding hydrogens is 537 g/mol. The number of amides is 3. The van der Waals surface area contributed by atoms with Gasteiger partial charge in [-0.25, -0.2) is 4.39 Å². The maximum Gasteiger partial charge on any atom is 0.272 e. The number of hydrogen-bond donors (Lipinski definition) is 3. The van der Waals surface area contributed by atoms with Crippen LogP contribution in [0.15, 0.2) is 114 Å². The summed E-state index contributed by atoms with van der Waals surface area (Å²) >= 11 is 1.33. The summed E-state index contributed by atoms with van der Waals surface area (Å²) in [6.07, 6.45) is 1.48. The standard InChI is InChI=1S/C33H30FN3O3S/c1-22(2)24-13-17-27(18-14-24)35-31(38)21-41-29-10-6-9-28(20-29)36-33(40)30(19-23-11-15-26(34)16-12-23)37-32(39)25-7-4-3-5-8-25/h3-20,22H,21H2,1-2H3,(H,35,38)(H,36,40)(H,37,39)/b30-19-. The van der Waals surface area contributed by atoms with Crippen molar-refractivity contribution in [3.63, 3.8) is 0 Å². The molecule has 0 aliphatic rings. The van der Waals surface area contributed by atoms with Gasteiger partial charge in [-0.2, -0.15) is 0 Å². The van der Waals surface area contributed by atoms with E-state index in [0.717, 1.165) is 10.6 Å². The third-order valence-electron chi connectivity index (χ3n) is 6.03. The van der Waals surface area contributed by atoms with Gasteiger partial charge < -0.3 is 16.0 Å². The number of benzene rings is 4. The van der Waals surface area contributed by atoms with E-state index in [1.54, 1.807) is 48.5 Å². The SMILES string of the molecule is CC(C)c1ccc(NC(=O)CSc2cccc(NC(=O)/C(=C/c3ccc(F)cc3)NC(=O)c3ccccc3)c2)cc1. The molecule has 0 aliphatic carbocycles. The van der Waals surface area contributed by atoms with Crippen LogP contribution in [0.5, 0.6) is 0 Å². The topological polar surface area (TPSA) is 87.3 Å². The summed E-state index contributed by atoms with van der Waals surface area (Å²) in [6.45, 7) is 4.23. The Morgan fingerprint density at radius 3 is 2.20 bits per heavy atom. The maximum absolute atomic E-state index is 13.4. The van der Waals surface area contributed by atoms with Gasteiger partial charge in [0.25, 0.3) is 11.8 Å². The number of carbonyl (C=O) groups excluding carboxylic acids is 3. The van der Waals surface area contributed by atoms with Crippen LogP contribution in [0.2, 0.25) is 0 Å². The quantitative estimate of drug-likeness (QED) is 0.141. The fourth-order valence-electron chi connectivity index (χ4n) is 3.83. The Bertz CT molecular complexity index is 1540. The fourth-order valence-corrected chi connectivity index (χ4v) is 4.58. The van der Waals surface area contributed by atoms with E-state index in [1.165, 1.54) is 47.7 Å². The molecule has 0 aliphatic heterocycles. The molecule has 0 aromatic heterocycles. The minimum absolute atomic E-state index is 0.00798. The molecule has 3 amide bonds. The van der Waals surface area contributed by atoms with Crippen LogP contribution in [-0.4, -0.2) is 23.5 Å². The second kappa shape index (κ2) is 14.1. The predicted octanol–water partition coefficient (Wildman–Crippen LogP) is 7.09. The largest absolute Gasteiger partial charge is 0.325 e. The first-order valence-electron chi connectivity index (χ1n) is 13.0. The first-order chi connectivity index (χ1) is 19.8. The molecule has 0 heterocycles. The smallest absolute Gasteiger partial charge is 0.272 e. The average molecular weight is 568 g/mol. The van der Waals surface area contributed by atoms with Gasteiger partial charge in [0, 0.05) is 21.8 Å². The van der Waals surface area contributed by atoms with Crippen LogP contribution in [0.25, 0.3) is 6.08 Å². The van der Waals surface area contributed by atoms with Gasteiger partial charge in [0.15, 0.2) is 0 Å². The lowest BCUT2D eigenvalue weighted by Gasteiger charge is -2.12. The van der Waals surface area contributed by atoms with Crippen LogP contribution in [0.4, 0.5) is 15.8 Å². The fraction of sp³-hybridized carbons (Fsp3) is 0.121. The van der Waals surface area contributed by atoms with Crippen molar-refractivity contribution in [1.29, 1.82) is 0 Å². The maximum atomic E-state index is 13.4. The van der Waals surface area contributed by atoms with Crippen LogP contribution in [0, 0.1) is 5.82 Å². The van der Waals surface area contributed by atoms with Gasteiger partial charge in [-0.1, -0.05) is 62.4 Å². The van der Waals surface area contributed by atoms with Crippen molar-refractivity contribution in [3.8, 4) is 0 Å². The van der Waals surface area contributed by atoms with Crippen LogP contribution < -0.4 is 16.0 Å². The number of rotatable bonds is 10. The summed E-state index contributed by atoms with van der Waals surface area (Å²) in [5, 5.41) is 8.36. The van der Waals surface area contributed by atoms with Crippen LogP contribution in [0.3, 0.4) is 0 Å². The van der Waals surface area contributed by atoms with Gasteiger partial charge in [0.1, 0.15) is 11.5 Å². The molecule has 8 heteroatoms. The first kappa shape index (κ1) is 29.3. The normalized spacial score (nSPS) is 11.2. The van der Waals surface area contributed by atoms with Gasteiger partial charge in [0.2, 0.25) is 5.91 Å². The molecule has 0 fully saturated rings. The highest BCUT2D eigenvalue weighted by Gasteiger charge is 2.15. The average Bonchev–Trinajstić information content (AvgIpc) is 2.97. The van der Waals surface area contributed by atoms with E-state index in [-0.39, 0.29) is 17.4 Å². The molecule has 6 nitrogen and oxygen atoms in total. The molecule has 4 rings (SSSR count). The van der Waals surface area contributed by atoms with Crippen LogP contribution in [0.1, 0.15) is 41.3 Å². The van der Waals surface area contributed by atoms with E-state index in [9.17, 15) is 18.8 Å². The monoisotopic (exact) mass is 567 g/mol. The highest BCUT2D eigenvalue weighted by atomic mass is 32.2. The van der Waals surface area contributed by atoms with Crippen molar-refractivity contribution in [3.05, 3.63) is 131 Å². The third kappa shape index (κ3) is 8.91. The van der Waals surface area contributed by atoms with Crippen molar-refractivity contribution in [2.75, 3.05) is 16.4 Å². The Morgan fingerprint density at radius 1 is 0.805 bits per heavy atom. The molecule has 0 spiro atoms. The van der Waals surface area contributed by atoms with Gasteiger partial charge in [-0.05, 0) is 77.7 Å². The summed E-state index contributed by atoms with van der Waals surface area (Å²) in [4.78, 5) is 39.3. The molecule has 4 aromatic carbocycles. The summed E-state index contributed by atoms with van der Waals surface area (Å²) in [5.41, 5.74) is 3.34. The lowest BCUT2D eigenvalue weighted by atomic mass is 10.0. The molecule has 0 unspecified atom stereocenters. The number of halogens is 1. The summed E-state index contributed by atoms with van der Waals surface area (Å²) in [7, 11) is 0. The van der Waals surface area contributed by atoms with E-state index in [2.05, 4.69) is 29.8 Å². The summed E-state index contributed by atoms with van der Waals surface area (Å²) in [5.74, 6) is -0.959. The number of carbonyl (C=O) groups is 3. The Labute approximate surface area is 243 Å². The second-order valence-electron chi connectivity index (χ2n) is 9.53. The van der Waals surface area contributed by atoms with Crippen molar-refractivity contribution in [2.24, 2.45) is 0 Å². The molecule has 41 heavy (non-hydrogen) atoms. The number of nitrogens with one attached hydrogen (secondary N) is 3. The van der Waals surface area contributed by atoms with Gasteiger partial charge >= 0.3 is 0 Å². The lowest BCUT2D eigenvalue weighted by Crippen LogP contribution is -2.30. The molecule has 0 atom stereocenters. The molecule has 0 bridgehead atoms. The summed E-state index contributed by atoms with van der Waals surface area (Å²) < 4.78 is 13.4. The zero-order valence-electron chi connectivity index (χ0n) is 22.7. The molecule has 0 saturated carbocycles. The molecule has 0 saturated heterocycles. The lowest BCUT2D eigenvalue weighted by molar-refractivity contribution is -0.114. The van der Waals surface area contributed by atoms with Crippen LogP contribution >= 0.6 is 11.8 Å². The Balaban J connectivity index is 1.42. The second-order valence-corrected chi connectivity index (χ2v) is 10.6. The van der Waals surface area contributed by atoms with Crippen LogP contribution in [-0.2, 0) is 9.59 Å². The predicted molar refractivity (Wildman–Crippen MR) is 163 cm³/mol. The molecule has 3 N–H and O–H groups in total. The number of thioether (sulfide) groups is 1. The van der Waals surface area contributed by atoms with Crippen molar-refractivity contribution >= 4 is 46.9 Å². The molecule has 0 radical (unpaired) electrons. The molecular formula is C33H30FN3O3S. The van der Waals surface area contributed by atoms with E-state index in [0.29, 0.717) is 22.7 Å². The van der Waals surface area contributed by atoms with E-state index >= 15 is 0 Å². The molecule has 208 valence electrons. The third-order valence-corrected chi connectivity index (χ3v) is 7.03. The van der Waals surface area contributed by atoms with E-state index < -0.39 is 17.6 Å².